The lowest BCUT2D eigenvalue weighted by molar-refractivity contribution is 0.693. The van der Waals surface area contributed by atoms with Gasteiger partial charge in [-0.05, 0) is 37.3 Å². The summed E-state index contributed by atoms with van der Waals surface area (Å²) >= 11 is 0. The van der Waals surface area contributed by atoms with Gasteiger partial charge in [0.15, 0.2) is 0 Å². The first kappa shape index (κ1) is 10.0. The highest BCUT2D eigenvalue weighted by molar-refractivity contribution is 5.44. The third-order valence-corrected chi connectivity index (χ3v) is 2.45. The predicted octanol–water partition coefficient (Wildman–Crippen LogP) is 4.03. The zero-order chi connectivity index (χ0) is 9.84. The highest BCUT2D eigenvalue weighted by Crippen LogP contribution is 2.28. The van der Waals surface area contributed by atoms with Gasteiger partial charge in [-0.1, -0.05) is 43.4 Å². The lowest BCUT2D eigenvalue weighted by Gasteiger charge is -2.19. The Morgan fingerprint density at radius 1 is 1.62 bits per heavy atom. The van der Waals surface area contributed by atoms with Gasteiger partial charge >= 0.3 is 0 Å². The molecule has 0 unspecified atom stereocenters. The van der Waals surface area contributed by atoms with Gasteiger partial charge in [-0.15, -0.1) is 0 Å². The fraction of sp³-hybridized carbons (Fsp3) is 0.385. The molecular weight excluding hydrogens is 156 g/mol. The van der Waals surface area contributed by atoms with Crippen LogP contribution in [0, 0.1) is 5.92 Å². The maximum Gasteiger partial charge on any atom is -0.0150 e. The minimum Gasteiger partial charge on any atom is -0.0915 e. The molecule has 0 saturated carbocycles. The molecule has 0 nitrogen and oxygen atoms in total. The second kappa shape index (κ2) is 4.27. The van der Waals surface area contributed by atoms with Crippen LogP contribution in [0.3, 0.4) is 0 Å². The van der Waals surface area contributed by atoms with Crippen LogP contribution < -0.4 is 0 Å². The normalized spacial score (nSPS) is 22.8. The van der Waals surface area contributed by atoms with Crippen molar-refractivity contribution in [2.75, 3.05) is 0 Å². The summed E-state index contributed by atoms with van der Waals surface area (Å²) in [5.74, 6) is 0.618. The number of hydrogen-bond acceptors (Lipinski definition) is 0. The fourth-order valence-corrected chi connectivity index (χ4v) is 1.64. The maximum absolute atomic E-state index is 4.07. The highest BCUT2D eigenvalue weighted by Gasteiger charge is 2.12. The largest absolute Gasteiger partial charge is 0.0915 e. The van der Waals surface area contributed by atoms with E-state index in [1.807, 2.05) is 13.0 Å². The Morgan fingerprint density at radius 2 is 2.31 bits per heavy atom. The summed E-state index contributed by atoms with van der Waals surface area (Å²) in [7, 11) is 0. The molecule has 1 aliphatic rings. The minimum atomic E-state index is 0.618. The molecule has 0 heterocycles. The van der Waals surface area contributed by atoms with E-state index in [9.17, 15) is 0 Å². The summed E-state index contributed by atoms with van der Waals surface area (Å²) < 4.78 is 0. The number of hydrogen-bond donors (Lipinski definition) is 0. The fourth-order valence-electron chi connectivity index (χ4n) is 1.64. The van der Waals surface area contributed by atoms with E-state index in [2.05, 4.69) is 38.7 Å². The topological polar surface area (TPSA) is 0 Å². The second-order valence-corrected chi connectivity index (χ2v) is 3.71. The molecule has 1 atom stereocenters. The predicted molar refractivity (Wildman–Crippen MR) is 59.6 cm³/mol. The van der Waals surface area contributed by atoms with Crippen LogP contribution in [0.4, 0.5) is 0 Å². The molecule has 0 spiro atoms. The van der Waals surface area contributed by atoms with Gasteiger partial charge in [0.1, 0.15) is 0 Å². The van der Waals surface area contributed by atoms with Gasteiger partial charge in [0, 0.05) is 0 Å². The van der Waals surface area contributed by atoms with Crippen LogP contribution in [0.25, 0.3) is 0 Å². The van der Waals surface area contributed by atoms with Crippen LogP contribution in [-0.2, 0) is 0 Å². The first-order valence-corrected chi connectivity index (χ1v) is 4.85. The first-order valence-electron chi connectivity index (χ1n) is 4.85. The molecule has 0 aromatic carbocycles. The van der Waals surface area contributed by atoms with Crippen LogP contribution in [0.1, 0.15) is 27.2 Å². The molecule has 0 saturated heterocycles. The van der Waals surface area contributed by atoms with Crippen molar-refractivity contribution in [3.8, 4) is 0 Å². The molecule has 1 aliphatic carbocycles. The molecule has 1 rings (SSSR count). The van der Waals surface area contributed by atoms with Crippen molar-refractivity contribution in [1.82, 2.24) is 0 Å². The van der Waals surface area contributed by atoms with Crippen molar-refractivity contribution >= 4 is 0 Å². The number of rotatable bonds is 2. The van der Waals surface area contributed by atoms with E-state index in [1.165, 1.54) is 11.1 Å². The van der Waals surface area contributed by atoms with Crippen LogP contribution in [0.15, 0.2) is 47.6 Å². The summed E-state index contributed by atoms with van der Waals surface area (Å²) in [6.07, 6.45) is 9.81. The van der Waals surface area contributed by atoms with Crippen LogP contribution in [0.2, 0.25) is 0 Å². The standard InChI is InChI=1S/C13H18/c1-5-6-11(3)13-9-10(2)7-8-12(13)4/h5-7,9,12H,3,8H2,1-2,4H3/b6-5+/t12-/m1/s1. The molecular formula is C13H18. The number of allylic oxidation sites excluding steroid dienone is 7. The van der Waals surface area contributed by atoms with E-state index >= 15 is 0 Å². The maximum atomic E-state index is 4.07. The average Bonchev–Trinajstić information content (AvgIpc) is 2.09. The Morgan fingerprint density at radius 3 is 2.92 bits per heavy atom. The molecule has 70 valence electrons. The SMILES string of the molecule is C=C(/C=C/C)C1=CC(C)=CC[C@H]1C. The van der Waals surface area contributed by atoms with Crippen molar-refractivity contribution in [1.29, 1.82) is 0 Å². The van der Waals surface area contributed by atoms with Crippen LogP contribution in [0.5, 0.6) is 0 Å². The molecule has 0 fully saturated rings. The smallest absolute Gasteiger partial charge is 0.0150 e. The van der Waals surface area contributed by atoms with E-state index < -0.39 is 0 Å². The van der Waals surface area contributed by atoms with E-state index in [0.29, 0.717) is 5.92 Å². The molecule has 0 aromatic rings. The summed E-state index contributed by atoms with van der Waals surface area (Å²) in [4.78, 5) is 0. The summed E-state index contributed by atoms with van der Waals surface area (Å²) in [6, 6.07) is 0. The minimum absolute atomic E-state index is 0.618. The molecule has 0 bridgehead atoms. The molecule has 0 aliphatic heterocycles. The van der Waals surface area contributed by atoms with Crippen molar-refractivity contribution in [2.45, 2.75) is 27.2 Å². The average molecular weight is 174 g/mol. The van der Waals surface area contributed by atoms with Gasteiger partial charge in [-0.2, -0.15) is 0 Å². The Hall–Kier alpha value is -1.04. The zero-order valence-corrected chi connectivity index (χ0v) is 8.80. The van der Waals surface area contributed by atoms with Crippen molar-refractivity contribution in [2.24, 2.45) is 5.92 Å². The van der Waals surface area contributed by atoms with E-state index in [4.69, 9.17) is 0 Å². The summed E-state index contributed by atoms with van der Waals surface area (Å²) in [5, 5.41) is 0. The zero-order valence-electron chi connectivity index (χ0n) is 8.80. The first-order chi connectivity index (χ1) is 6.15. The van der Waals surface area contributed by atoms with Crippen molar-refractivity contribution in [3.05, 3.63) is 47.6 Å². The van der Waals surface area contributed by atoms with Gasteiger partial charge in [0.25, 0.3) is 0 Å². The Bertz CT molecular complexity index is 287. The monoisotopic (exact) mass is 174 g/mol. The molecule has 13 heavy (non-hydrogen) atoms. The van der Waals surface area contributed by atoms with Crippen molar-refractivity contribution < 1.29 is 0 Å². The van der Waals surface area contributed by atoms with Crippen LogP contribution in [-0.4, -0.2) is 0 Å². The van der Waals surface area contributed by atoms with Crippen LogP contribution >= 0.6 is 0 Å². The van der Waals surface area contributed by atoms with E-state index in [-0.39, 0.29) is 0 Å². The third-order valence-electron chi connectivity index (χ3n) is 2.45. The second-order valence-electron chi connectivity index (χ2n) is 3.71. The molecule has 0 aromatic heterocycles. The Kier molecular flexibility index (Phi) is 3.30. The van der Waals surface area contributed by atoms with Gasteiger partial charge in [0.05, 0.1) is 0 Å². The van der Waals surface area contributed by atoms with Gasteiger partial charge in [-0.25, -0.2) is 0 Å². The van der Waals surface area contributed by atoms with E-state index in [1.54, 1.807) is 0 Å². The summed E-state index contributed by atoms with van der Waals surface area (Å²) in [6.45, 7) is 10.5. The van der Waals surface area contributed by atoms with Gasteiger partial charge < -0.3 is 0 Å². The lowest BCUT2D eigenvalue weighted by atomic mass is 9.86. The molecule has 0 heteroatoms. The third kappa shape index (κ3) is 2.45. The quantitative estimate of drug-likeness (QED) is 0.554. The Labute approximate surface area is 81.4 Å². The molecule has 0 radical (unpaired) electrons. The molecule has 0 N–H and O–H groups in total. The van der Waals surface area contributed by atoms with Gasteiger partial charge in [-0.3, -0.25) is 0 Å². The van der Waals surface area contributed by atoms with Crippen molar-refractivity contribution in [3.63, 3.8) is 0 Å². The highest BCUT2D eigenvalue weighted by atomic mass is 14.2. The van der Waals surface area contributed by atoms with Gasteiger partial charge in [0.2, 0.25) is 0 Å². The Balaban J connectivity index is 2.88. The molecule has 0 amide bonds. The summed E-state index contributed by atoms with van der Waals surface area (Å²) in [5.41, 5.74) is 3.90. The lowest BCUT2D eigenvalue weighted by Crippen LogP contribution is -2.04. The van der Waals surface area contributed by atoms with E-state index in [0.717, 1.165) is 12.0 Å².